The molecule has 1 aromatic carbocycles. The Morgan fingerprint density at radius 2 is 1.81 bits per heavy atom. The zero-order valence-corrected chi connectivity index (χ0v) is 21.2. The SMILES string of the molecule is Cc1cc(-c2ccc(CC(=O)Nc3ccc(C4=CCN(C(=O)OC(C)(C)C)CC4)nc3)cc2)ccn1. The van der Waals surface area contributed by atoms with E-state index in [9.17, 15) is 9.59 Å². The molecule has 1 N–H and O–H groups in total. The highest BCUT2D eigenvalue weighted by Crippen LogP contribution is 2.23. The van der Waals surface area contributed by atoms with Crippen LogP contribution in [0.15, 0.2) is 67.0 Å². The smallest absolute Gasteiger partial charge is 0.410 e. The Morgan fingerprint density at radius 3 is 2.42 bits per heavy atom. The third-order valence-corrected chi connectivity index (χ3v) is 5.79. The van der Waals surface area contributed by atoms with Gasteiger partial charge in [-0.3, -0.25) is 14.8 Å². The quantitative estimate of drug-likeness (QED) is 0.505. The number of aromatic nitrogens is 2. The largest absolute Gasteiger partial charge is 0.444 e. The van der Waals surface area contributed by atoms with Crippen LogP contribution in [0.5, 0.6) is 0 Å². The lowest BCUT2D eigenvalue weighted by Gasteiger charge is -2.29. The van der Waals surface area contributed by atoms with E-state index in [4.69, 9.17) is 4.74 Å². The minimum Gasteiger partial charge on any atom is -0.444 e. The van der Waals surface area contributed by atoms with Crippen LogP contribution >= 0.6 is 0 Å². The first kappa shape index (κ1) is 25.1. The second-order valence-electron chi connectivity index (χ2n) is 9.95. The summed E-state index contributed by atoms with van der Waals surface area (Å²) in [5, 5.41) is 2.92. The van der Waals surface area contributed by atoms with Crippen molar-refractivity contribution in [3.63, 3.8) is 0 Å². The number of pyridine rings is 2. The predicted molar refractivity (Wildman–Crippen MR) is 141 cm³/mol. The van der Waals surface area contributed by atoms with Gasteiger partial charge in [0.25, 0.3) is 0 Å². The second kappa shape index (κ2) is 10.7. The first-order valence-corrected chi connectivity index (χ1v) is 12.1. The molecule has 2 aromatic heterocycles. The van der Waals surface area contributed by atoms with Crippen molar-refractivity contribution in [3.8, 4) is 11.1 Å². The minimum atomic E-state index is -0.508. The number of carbonyl (C=O) groups is 2. The van der Waals surface area contributed by atoms with Gasteiger partial charge in [-0.15, -0.1) is 0 Å². The molecule has 3 aromatic rings. The summed E-state index contributed by atoms with van der Waals surface area (Å²) in [6.45, 7) is 8.63. The van der Waals surface area contributed by atoms with Crippen molar-refractivity contribution < 1.29 is 14.3 Å². The summed E-state index contributed by atoms with van der Waals surface area (Å²) in [6, 6.07) is 15.8. The van der Waals surface area contributed by atoms with Crippen LogP contribution in [0.3, 0.4) is 0 Å². The average Bonchev–Trinajstić information content (AvgIpc) is 2.84. The Morgan fingerprint density at radius 1 is 1.03 bits per heavy atom. The van der Waals surface area contributed by atoms with Gasteiger partial charge in [0.1, 0.15) is 5.60 Å². The first-order chi connectivity index (χ1) is 17.2. The number of carbonyl (C=O) groups excluding carboxylic acids is 2. The van der Waals surface area contributed by atoms with Crippen LogP contribution in [-0.4, -0.2) is 45.6 Å². The van der Waals surface area contributed by atoms with Crippen LogP contribution in [0.4, 0.5) is 10.5 Å². The van der Waals surface area contributed by atoms with E-state index in [1.54, 1.807) is 17.3 Å². The van der Waals surface area contributed by atoms with E-state index in [0.717, 1.165) is 33.7 Å². The van der Waals surface area contributed by atoms with Crippen molar-refractivity contribution in [1.29, 1.82) is 0 Å². The van der Waals surface area contributed by atoms with E-state index in [1.807, 2.05) is 82.3 Å². The van der Waals surface area contributed by atoms with Crippen LogP contribution in [0.2, 0.25) is 0 Å². The van der Waals surface area contributed by atoms with E-state index in [2.05, 4.69) is 15.3 Å². The second-order valence-corrected chi connectivity index (χ2v) is 9.95. The van der Waals surface area contributed by atoms with E-state index in [-0.39, 0.29) is 18.4 Å². The van der Waals surface area contributed by atoms with Crippen molar-refractivity contribution >= 4 is 23.3 Å². The van der Waals surface area contributed by atoms with Gasteiger partial charge >= 0.3 is 6.09 Å². The third kappa shape index (κ3) is 6.78. The number of ether oxygens (including phenoxy) is 1. The summed E-state index contributed by atoms with van der Waals surface area (Å²) in [6.07, 6.45) is 6.16. The van der Waals surface area contributed by atoms with Gasteiger partial charge in [-0.1, -0.05) is 30.3 Å². The number of hydrogen-bond acceptors (Lipinski definition) is 5. The lowest BCUT2D eigenvalue weighted by atomic mass is 10.0. The van der Waals surface area contributed by atoms with Crippen LogP contribution in [0.25, 0.3) is 16.7 Å². The zero-order valence-electron chi connectivity index (χ0n) is 21.2. The minimum absolute atomic E-state index is 0.0954. The highest BCUT2D eigenvalue weighted by Gasteiger charge is 2.24. The number of benzene rings is 1. The number of nitrogens with one attached hydrogen (secondary N) is 1. The number of amides is 2. The van der Waals surface area contributed by atoms with Crippen molar-refractivity contribution in [1.82, 2.24) is 14.9 Å². The summed E-state index contributed by atoms with van der Waals surface area (Å²) < 4.78 is 5.44. The number of nitrogens with zero attached hydrogens (tertiary/aromatic N) is 3. The van der Waals surface area contributed by atoms with E-state index in [1.165, 1.54) is 0 Å². The lowest BCUT2D eigenvalue weighted by Crippen LogP contribution is -2.39. The fourth-order valence-corrected chi connectivity index (χ4v) is 3.98. The molecule has 4 rings (SSSR count). The Balaban J connectivity index is 1.30. The topological polar surface area (TPSA) is 84.4 Å². The highest BCUT2D eigenvalue weighted by molar-refractivity contribution is 5.92. The Kier molecular flexibility index (Phi) is 7.48. The Labute approximate surface area is 212 Å². The van der Waals surface area contributed by atoms with Gasteiger partial charge in [0.15, 0.2) is 0 Å². The Hall–Kier alpha value is -4.00. The van der Waals surface area contributed by atoms with Crippen LogP contribution in [0, 0.1) is 6.92 Å². The molecule has 1 aliphatic rings. The molecule has 186 valence electrons. The molecule has 0 radical (unpaired) electrons. The van der Waals surface area contributed by atoms with Gasteiger partial charge in [-0.2, -0.15) is 0 Å². The van der Waals surface area contributed by atoms with Crippen molar-refractivity contribution in [2.75, 3.05) is 18.4 Å². The Bertz CT molecular complexity index is 1260. The molecule has 0 fully saturated rings. The molecule has 0 aliphatic carbocycles. The molecule has 0 bridgehead atoms. The molecule has 2 amide bonds. The standard InChI is InChI=1S/C29H32N4O3/c1-20-17-24(11-14-30-20)22-7-5-21(6-8-22)18-27(34)32-25-9-10-26(31-19-25)23-12-15-33(16-13-23)28(35)36-29(2,3)4/h5-12,14,17,19H,13,15-16,18H2,1-4H3,(H,32,34). The molecule has 3 heterocycles. The molecule has 0 atom stereocenters. The van der Waals surface area contributed by atoms with Crippen molar-refractivity contribution in [3.05, 3.63) is 84.0 Å². The average molecular weight is 485 g/mol. The molecule has 0 saturated heterocycles. The van der Waals surface area contributed by atoms with Gasteiger partial charge in [0, 0.05) is 25.0 Å². The molecular formula is C29H32N4O3. The number of hydrogen-bond donors (Lipinski definition) is 1. The van der Waals surface area contributed by atoms with Gasteiger partial charge in [-0.05, 0) is 80.6 Å². The molecule has 0 spiro atoms. The summed E-state index contributed by atoms with van der Waals surface area (Å²) in [4.78, 5) is 35.2. The van der Waals surface area contributed by atoms with Gasteiger partial charge in [0.2, 0.25) is 5.91 Å². The maximum atomic E-state index is 12.6. The highest BCUT2D eigenvalue weighted by atomic mass is 16.6. The molecule has 1 aliphatic heterocycles. The lowest BCUT2D eigenvalue weighted by molar-refractivity contribution is -0.115. The molecule has 36 heavy (non-hydrogen) atoms. The molecule has 7 heteroatoms. The number of aryl methyl sites for hydroxylation is 1. The molecule has 0 unspecified atom stereocenters. The summed E-state index contributed by atoms with van der Waals surface area (Å²) >= 11 is 0. The van der Waals surface area contributed by atoms with Crippen molar-refractivity contribution in [2.45, 2.75) is 46.1 Å². The third-order valence-electron chi connectivity index (χ3n) is 5.79. The van der Waals surface area contributed by atoms with E-state index in [0.29, 0.717) is 25.2 Å². The van der Waals surface area contributed by atoms with Gasteiger partial charge < -0.3 is 15.0 Å². The first-order valence-electron chi connectivity index (χ1n) is 12.1. The number of anilines is 1. The monoisotopic (exact) mass is 484 g/mol. The maximum Gasteiger partial charge on any atom is 0.410 e. The van der Waals surface area contributed by atoms with Crippen LogP contribution < -0.4 is 5.32 Å². The molecular weight excluding hydrogens is 452 g/mol. The summed E-state index contributed by atoms with van der Waals surface area (Å²) in [7, 11) is 0. The van der Waals surface area contributed by atoms with Crippen LogP contribution in [0.1, 0.15) is 44.1 Å². The number of rotatable bonds is 5. The van der Waals surface area contributed by atoms with E-state index >= 15 is 0 Å². The van der Waals surface area contributed by atoms with Gasteiger partial charge in [0.05, 0.1) is 24.0 Å². The van der Waals surface area contributed by atoms with Crippen LogP contribution in [-0.2, 0) is 16.0 Å². The molecule has 0 saturated carbocycles. The van der Waals surface area contributed by atoms with E-state index < -0.39 is 5.60 Å². The zero-order chi connectivity index (χ0) is 25.7. The molecule has 7 nitrogen and oxygen atoms in total. The fraction of sp³-hybridized carbons (Fsp3) is 0.310. The predicted octanol–water partition coefficient (Wildman–Crippen LogP) is 5.66. The summed E-state index contributed by atoms with van der Waals surface area (Å²) in [5.74, 6) is -0.0954. The normalized spacial score (nSPS) is 13.7. The maximum absolute atomic E-state index is 12.6. The van der Waals surface area contributed by atoms with Gasteiger partial charge in [-0.25, -0.2) is 4.79 Å². The summed E-state index contributed by atoms with van der Waals surface area (Å²) in [5.41, 5.74) is 6.18. The fourth-order valence-electron chi connectivity index (χ4n) is 3.98. The van der Waals surface area contributed by atoms with Crippen molar-refractivity contribution in [2.24, 2.45) is 0 Å².